The van der Waals surface area contributed by atoms with E-state index in [1.54, 1.807) is 18.2 Å². The number of hydrogen-bond donors (Lipinski definition) is 0. The van der Waals surface area contributed by atoms with Crippen LogP contribution < -0.4 is 10.2 Å². The molecule has 2 aromatic carbocycles. The van der Waals surface area contributed by atoms with Crippen LogP contribution >= 0.6 is 22.9 Å². The molecule has 0 atom stereocenters. The van der Waals surface area contributed by atoms with Crippen molar-refractivity contribution in [3.63, 3.8) is 0 Å². The molecule has 0 radical (unpaired) electrons. The van der Waals surface area contributed by atoms with Crippen molar-refractivity contribution in [2.45, 2.75) is 6.61 Å². The average Bonchev–Trinajstić information content (AvgIpc) is 3.17. The highest BCUT2D eigenvalue weighted by Gasteiger charge is 2.18. The topological polar surface area (TPSA) is 39.4 Å². The van der Waals surface area contributed by atoms with E-state index in [9.17, 15) is 4.79 Å². The molecule has 0 N–H and O–H groups in total. The van der Waals surface area contributed by atoms with Gasteiger partial charge in [0.05, 0.1) is 10.3 Å². The summed E-state index contributed by atoms with van der Waals surface area (Å²) in [5.74, 6) is 0.659. The Bertz CT molecular complexity index is 1070. The van der Waals surface area contributed by atoms with Crippen molar-refractivity contribution in [3.05, 3.63) is 86.9 Å². The maximum atomic E-state index is 13.0. The average molecular weight is 369 g/mol. The fourth-order valence-electron chi connectivity index (χ4n) is 2.58. The second-order valence-corrected chi connectivity index (χ2v) is 6.87. The first-order valence-electron chi connectivity index (χ1n) is 7.69. The zero-order chi connectivity index (χ0) is 17.2. The lowest BCUT2D eigenvalue weighted by Gasteiger charge is -2.11. The van der Waals surface area contributed by atoms with E-state index in [0.29, 0.717) is 21.8 Å². The molecule has 0 fully saturated rings. The van der Waals surface area contributed by atoms with Gasteiger partial charge in [0.2, 0.25) is 11.2 Å². The summed E-state index contributed by atoms with van der Waals surface area (Å²) in [5, 5.41) is 2.83. The fourth-order valence-corrected chi connectivity index (χ4v) is 3.46. The molecule has 0 amide bonds. The molecule has 5 heteroatoms. The number of thiophene rings is 1. The summed E-state index contributed by atoms with van der Waals surface area (Å²) in [7, 11) is 0. The van der Waals surface area contributed by atoms with Gasteiger partial charge < -0.3 is 9.15 Å². The third-order valence-corrected chi connectivity index (χ3v) is 4.89. The number of rotatable bonds is 4. The van der Waals surface area contributed by atoms with Crippen LogP contribution in [0.4, 0.5) is 0 Å². The molecule has 4 aromatic rings. The van der Waals surface area contributed by atoms with Gasteiger partial charge in [0, 0.05) is 5.02 Å². The van der Waals surface area contributed by atoms with Gasteiger partial charge in [-0.05, 0) is 35.2 Å². The zero-order valence-corrected chi connectivity index (χ0v) is 14.6. The molecule has 0 unspecified atom stereocenters. The summed E-state index contributed by atoms with van der Waals surface area (Å²) >= 11 is 7.53. The lowest BCUT2D eigenvalue weighted by atomic mass is 10.2. The minimum atomic E-state index is -0.219. The van der Waals surface area contributed by atoms with Gasteiger partial charge in [0.15, 0.2) is 5.76 Å². The van der Waals surface area contributed by atoms with Crippen molar-refractivity contribution < 1.29 is 9.15 Å². The molecule has 0 spiro atoms. The first-order valence-corrected chi connectivity index (χ1v) is 8.95. The Morgan fingerprint density at radius 1 is 1.04 bits per heavy atom. The van der Waals surface area contributed by atoms with Crippen LogP contribution in [-0.2, 0) is 6.61 Å². The Morgan fingerprint density at radius 3 is 2.64 bits per heavy atom. The van der Waals surface area contributed by atoms with Crippen molar-refractivity contribution >= 4 is 33.9 Å². The quantitative estimate of drug-likeness (QED) is 0.460. The van der Waals surface area contributed by atoms with Gasteiger partial charge in [-0.3, -0.25) is 4.79 Å². The molecule has 3 nitrogen and oxygen atoms in total. The van der Waals surface area contributed by atoms with Crippen LogP contribution in [0.1, 0.15) is 5.56 Å². The molecular weight excluding hydrogens is 356 g/mol. The minimum Gasteiger partial charge on any atom is -0.481 e. The second-order valence-electron chi connectivity index (χ2n) is 5.48. The van der Waals surface area contributed by atoms with Crippen LogP contribution in [0.3, 0.4) is 0 Å². The van der Waals surface area contributed by atoms with Crippen LogP contribution in [0.2, 0.25) is 5.02 Å². The highest BCUT2D eigenvalue weighted by Crippen LogP contribution is 2.34. The van der Waals surface area contributed by atoms with Gasteiger partial charge in [-0.15, -0.1) is 11.3 Å². The lowest BCUT2D eigenvalue weighted by molar-refractivity contribution is 0.298. The Morgan fingerprint density at radius 2 is 1.88 bits per heavy atom. The van der Waals surface area contributed by atoms with Crippen molar-refractivity contribution in [2.24, 2.45) is 0 Å². The molecule has 0 aliphatic heterocycles. The normalized spacial score (nSPS) is 10.9. The van der Waals surface area contributed by atoms with Gasteiger partial charge in [-0.2, -0.15) is 0 Å². The SMILES string of the molecule is O=c1c(OCc2ccccc2)c(-c2cccs2)oc2ccc(Cl)cc12. The highest BCUT2D eigenvalue weighted by molar-refractivity contribution is 7.13. The van der Waals surface area contributed by atoms with E-state index in [2.05, 4.69) is 0 Å². The van der Waals surface area contributed by atoms with Crippen molar-refractivity contribution in [2.75, 3.05) is 0 Å². The van der Waals surface area contributed by atoms with Crippen LogP contribution in [0.25, 0.3) is 21.6 Å². The van der Waals surface area contributed by atoms with E-state index in [0.717, 1.165) is 10.4 Å². The minimum absolute atomic E-state index is 0.209. The van der Waals surface area contributed by atoms with Crippen molar-refractivity contribution in [1.29, 1.82) is 0 Å². The van der Waals surface area contributed by atoms with Crippen LogP contribution in [0.5, 0.6) is 5.75 Å². The van der Waals surface area contributed by atoms with Crippen molar-refractivity contribution in [1.82, 2.24) is 0 Å². The summed E-state index contributed by atoms with van der Waals surface area (Å²) in [4.78, 5) is 13.8. The zero-order valence-electron chi connectivity index (χ0n) is 13.1. The summed E-state index contributed by atoms with van der Waals surface area (Å²) in [5.41, 5.74) is 1.25. The smallest absolute Gasteiger partial charge is 0.235 e. The van der Waals surface area contributed by atoms with Crippen LogP contribution in [0, 0.1) is 0 Å². The Labute approximate surface area is 153 Å². The second kappa shape index (κ2) is 6.75. The first kappa shape index (κ1) is 15.9. The third-order valence-electron chi connectivity index (χ3n) is 3.78. The third kappa shape index (κ3) is 3.18. The molecule has 0 bridgehead atoms. The molecule has 25 heavy (non-hydrogen) atoms. The Kier molecular flexibility index (Phi) is 4.30. The van der Waals surface area contributed by atoms with E-state index in [4.69, 9.17) is 20.8 Å². The van der Waals surface area contributed by atoms with E-state index < -0.39 is 0 Å². The van der Waals surface area contributed by atoms with E-state index >= 15 is 0 Å². The van der Waals surface area contributed by atoms with E-state index in [1.807, 2.05) is 47.8 Å². The summed E-state index contributed by atoms with van der Waals surface area (Å²) in [6.07, 6.45) is 0. The lowest BCUT2D eigenvalue weighted by Crippen LogP contribution is -2.10. The monoisotopic (exact) mass is 368 g/mol. The van der Waals surface area contributed by atoms with E-state index in [-0.39, 0.29) is 17.8 Å². The fraction of sp³-hybridized carbons (Fsp3) is 0.0500. The molecule has 0 saturated heterocycles. The number of fused-ring (bicyclic) bond motifs is 1. The maximum Gasteiger partial charge on any atom is 0.235 e. The molecular formula is C20H13ClO3S. The van der Waals surface area contributed by atoms with Crippen molar-refractivity contribution in [3.8, 4) is 16.4 Å². The molecule has 0 saturated carbocycles. The molecule has 0 aliphatic rings. The predicted molar refractivity (Wildman–Crippen MR) is 102 cm³/mol. The predicted octanol–water partition coefficient (Wildman–Crippen LogP) is 5.75. The Balaban J connectivity index is 1.86. The van der Waals surface area contributed by atoms with Gasteiger partial charge >= 0.3 is 0 Å². The summed E-state index contributed by atoms with van der Waals surface area (Å²) in [6, 6.07) is 18.5. The molecule has 2 heterocycles. The molecule has 4 rings (SSSR count). The largest absolute Gasteiger partial charge is 0.481 e. The summed E-state index contributed by atoms with van der Waals surface area (Å²) in [6.45, 7) is 0.288. The molecule has 124 valence electrons. The van der Waals surface area contributed by atoms with Crippen LogP contribution in [-0.4, -0.2) is 0 Å². The van der Waals surface area contributed by atoms with Crippen LogP contribution in [0.15, 0.2) is 75.3 Å². The van der Waals surface area contributed by atoms with E-state index in [1.165, 1.54) is 11.3 Å². The highest BCUT2D eigenvalue weighted by atomic mass is 35.5. The molecule has 2 aromatic heterocycles. The van der Waals surface area contributed by atoms with Gasteiger partial charge in [0.1, 0.15) is 12.2 Å². The summed E-state index contributed by atoms with van der Waals surface area (Å²) < 4.78 is 11.9. The number of ether oxygens (including phenoxy) is 1. The standard InChI is InChI=1S/C20H13ClO3S/c21-14-8-9-16-15(11-14)18(22)20(19(24-16)17-7-4-10-25-17)23-12-13-5-2-1-3-6-13/h1-11H,12H2. The van der Waals surface area contributed by atoms with Gasteiger partial charge in [-0.1, -0.05) is 48.0 Å². The molecule has 0 aliphatic carbocycles. The maximum absolute atomic E-state index is 13.0. The van der Waals surface area contributed by atoms with Gasteiger partial charge in [-0.25, -0.2) is 0 Å². The van der Waals surface area contributed by atoms with Gasteiger partial charge in [0.25, 0.3) is 0 Å². The first-order chi connectivity index (χ1) is 12.2. The Hall–Kier alpha value is -2.56. The number of hydrogen-bond acceptors (Lipinski definition) is 4. The number of benzene rings is 2. The number of halogens is 1.